The van der Waals surface area contributed by atoms with E-state index in [0.29, 0.717) is 12.1 Å². The number of nitrogens with one attached hydrogen (secondary N) is 1. The maximum absolute atomic E-state index is 14.6. The second kappa shape index (κ2) is 11.0. The third-order valence-electron chi connectivity index (χ3n) is 4.82. The molecule has 3 aromatic rings. The molecule has 3 rings (SSSR count). The van der Waals surface area contributed by atoms with E-state index in [-0.39, 0.29) is 16.8 Å². The number of benzene rings is 1. The molecule has 0 radical (unpaired) electrons. The summed E-state index contributed by atoms with van der Waals surface area (Å²) in [5, 5.41) is 2.44. The van der Waals surface area contributed by atoms with E-state index in [4.69, 9.17) is 4.74 Å². The first-order chi connectivity index (χ1) is 17.6. The minimum absolute atomic E-state index is 0.132. The highest BCUT2D eigenvalue weighted by molar-refractivity contribution is 5.94. The Morgan fingerprint density at radius 1 is 1.05 bits per heavy atom. The largest absolute Gasteiger partial charge is 0.573 e. The van der Waals surface area contributed by atoms with Crippen molar-refractivity contribution in [2.24, 2.45) is 0 Å². The van der Waals surface area contributed by atoms with E-state index in [9.17, 15) is 36.3 Å². The van der Waals surface area contributed by atoms with E-state index >= 15 is 0 Å². The second-order valence-corrected chi connectivity index (χ2v) is 8.98. The molecule has 2 heterocycles. The SMILES string of the molecule is CC(C)(C)OC(=O)Cn1cc(C(=O)NC(c2ccc(OC(F)(F)F)c(F)c2)c2ncccc2F)ccc1=O. The van der Waals surface area contributed by atoms with Crippen LogP contribution in [-0.4, -0.2) is 33.4 Å². The molecule has 8 nitrogen and oxygen atoms in total. The standard InChI is InChI=1S/C25H22F5N3O5/c1-24(2,3)38-20(35)13-33-12-15(7-9-19(33)34)23(36)32-21(22-16(26)5-4-10-31-22)14-6-8-18(17(27)11-14)37-25(28,29)30/h4-12,21H,13H2,1-3H3,(H,32,36). The summed E-state index contributed by atoms with van der Waals surface area (Å²) >= 11 is 0. The van der Waals surface area contributed by atoms with Gasteiger partial charge < -0.3 is 19.4 Å². The molecule has 0 fully saturated rings. The first-order valence-electron chi connectivity index (χ1n) is 11.0. The van der Waals surface area contributed by atoms with E-state index < -0.39 is 59.4 Å². The summed E-state index contributed by atoms with van der Waals surface area (Å²) < 4.78 is 76.3. The van der Waals surface area contributed by atoms with Gasteiger partial charge in [0.05, 0.1) is 11.6 Å². The number of aromatic nitrogens is 2. The van der Waals surface area contributed by atoms with Crippen molar-refractivity contribution in [3.63, 3.8) is 0 Å². The minimum atomic E-state index is -5.15. The van der Waals surface area contributed by atoms with Crippen LogP contribution in [-0.2, 0) is 16.1 Å². The average Bonchev–Trinajstić information content (AvgIpc) is 2.78. The lowest BCUT2D eigenvalue weighted by atomic mass is 10.0. The van der Waals surface area contributed by atoms with Gasteiger partial charge in [-0.05, 0) is 56.7 Å². The number of pyridine rings is 2. The van der Waals surface area contributed by atoms with Gasteiger partial charge in [0.25, 0.3) is 11.5 Å². The predicted molar refractivity (Wildman–Crippen MR) is 123 cm³/mol. The molecule has 1 unspecified atom stereocenters. The molecule has 0 aliphatic heterocycles. The molecule has 0 bridgehead atoms. The molecule has 1 atom stereocenters. The summed E-state index contributed by atoms with van der Waals surface area (Å²) in [4.78, 5) is 41.3. The lowest BCUT2D eigenvalue weighted by Gasteiger charge is -2.21. The zero-order valence-electron chi connectivity index (χ0n) is 20.3. The number of hydrogen-bond donors (Lipinski definition) is 1. The number of nitrogens with zero attached hydrogens (tertiary/aromatic N) is 2. The summed E-state index contributed by atoms with van der Waals surface area (Å²) in [5.41, 5.74) is -2.06. The average molecular weight is 539 g/mol. The van der Waals surface area contributed by atoms with Gasteiger partial charge in [0.15, 0.2) is 11.6 Å². The highest BCUT2D eigenvalue weighted by Crippen LogP contribution is 2.30. The van der Waals surface area contributed by atoms with Gasteiger partial charge in [-0.25, -0.2) is 8.78 Å². The van der Waals surface area contributed by atoms with Gasteiger partial charge in [0.1, 0.15) is 23.7 Å². The number of esters is 1. The van der Waals surface area contributed by atoms with Gasteiger partial charge in [-0.2, -0.15) is 0 Å². The molecule has 202 valence electrons. The van der Waals surface area contributed by atoms with Crippen molar-refractivity contribution >= 4 is 11.9 Å². The van der Waals surface area contributed by atoms with Crippen LogP contribution in [0, 0.1) is 11.6 Å². The fraction of sp³-hybridized carbons (Fsp3) is 0.280. The third kappa shape index (κ3) is 7.60. The molecular weight excluding hydrogens is 517 g/mol. The van der Waals surface area contributed by atoms with Crippen molar-refractivity contribution in [3.05, 3.63) is 93.7 Å². The van der Waals surface area contributed by atoms with Crippen LogP contribution in [0.4, 0.5) is 22.0 Å². The Hall–Kier alpha value is -4.29. The normalized spacial score (nSPS) is 12.5. The van der Waals surface area contributed by atoms with E-state index in [2.05, 4.69) is 15.0 Å². The molecule has 13 heteroatoms. The Bertz CT molecular complexity index is 1400. The first kappa shape index (κ1) is 28.3. The zero-order chi connectivity index (χ0) is 28.3. The molecule has 1 aromatic carbocycles. The summed E-state index contributed by atoms with van der Waals surface area (Å²) in [6.45, 7) is 4.42. The topological polar surface area (TPSA) is 99.5 Å². The fourth-order valence-corrected chi connectivity index (χ4v) is 3.34. The number of hydrogen-bond acceptors (Lipinski definition) is 6. The van der Waals surface area contributed by atoms with Crippen LogP contribution in [0.25, 0.3) is 0 Å². The van der Waals surface area contributed by atoms with Gasteiger partial charge in [0, 0.05) is 18.5 Å². The Morgan fingerprint density at radius 3 is 2.37 bits per heavy atom. The molecule has 0 spiro atoms. The number of carbonyl (C=O) groups excluding carboxylic acids is 2. The van der Waals surface area contributed by atoms with Gasteiger partial charge in [-0.3, -0.25) is 19.4 Å². The van der Waals surface area contributed by atoms with E-state index in [1.54, 1.807) is 20.8 Å². The quantitative estimate of drug-likeness (QED) is 0.356. The molecule has 0 aliphatic rings. The van der Waals surface area contributed by atoms with Crippen LogP contribution in [0.3, 0.4) is 0 Å². The van der Waals surface area contributed by atoms with Crippen LogP contribution < -0.4 is 15.6 Å². The molecule has 1 amide bonds. The number of ether oxygens (including phenoxy) is 2. The maximum atomic E-state index is 14.6. The lowest BCUT2D eigenvalue weighted by molar-refractivity contribution is -0.275. The van der Waals surface area contributed by atoms with Crippen molar-refractivity contribution in [1.82, 2.24) is 14.9 Å². The van der Waals surface area contributed by atoms with Gasteiger partial charge in [-0.1, -0.05) is 6.07 Å². The highest BCUT2D eigenvalue weighted by atomic mass is 19.4. The Labute approximate surface area is 213 Å². The van der Waals surface area contributed by atoms with Crippen molar-refractivity contribution in [3.8, 4) is 5.75 Å². The van der Waals surface area contributed by atoms with Crippen molar-refractivity contribution < 1.29 is 41.0 Å². The smallest absolute Gasteiger partial charge is 0.459 e. The Balaban J connectivity index is 1.94. The summed E-state index contributed by atoms with van der Waals surface area (Å²) in [6, 6.07) is 5.35. The summed E-state index contributed by atoms with van der Waals surface area (Å²) in [7, 11) is 0. The van der Waals surface area contributed by atoms with Crippen molar-refractivity contribution in [2.45, 2.75) is 45.3 Å². The first-order valence-corrected chi connectivity index (χ1v) is 11.0. The summed E-state index contributed by atoms with van der Waals surface area (Å²) in [5.74, 6) is -5.04. The number of rotatable bonds is 7. The molecular formula is C25H22F5N3O5. The van der Waals surface area contributed by atoms with Gasteiger partial charge in [0.2, 0.25) is 0 Å². The Morgan fingerprint density at radius 2 is 1.76 bits per heavy atom. The van der Waals surface area contributed by atoms with E-state index in [1.165, 1.54) is 12.3 Å². The van der Waals surface area contributed by atoms with Crippen molar-refractivity contribution in [1.29, 1.82) is 0 Å². The lowest BCUT2D eigenvalue weighted by Crippen LogP contribution is -2.33. The monoisotopic (exact) mass is 539 g/mol. The fourth-order valence-electron chi connectivity index (χ4n) is 3.34. The van der Waals surface area contributed by atoms with Crippen LogP contribution in [0.2, 0.25) is 0 Å². The summed E-state index contributed by atoms with van der Waals surface area (Å²) in [6.07, 6.45) is -2.87. The highest BCUT2D eigenvalue weighted by Gasteiger charge is 2.33. The van der Waals surface area contributed by atoms with Crippen LogP contribution in [0.5, 0.6) is 5.75 Å². The molecule has 38 heavy (non-hydrogen) atoms. The van der Waals surface area contributed by atoms with Gasteiger partial charge in [-0.15, -0.1) is 13.2 Å². The van der Waals surface area contributed by atoms with Crippen molar-refractivity contribution in [2.75, 3.05) is 0 Å². The van der Waals surface area contributed by atoms with E-state index in [0.717, 1.165) is 35.0 Å². The molecule has 1 N–H and O–H groups in total. The number of amides is 1. The van der Waals surface area contributed by atoms with Crippen LogP contribution in [0.1, 0.15) is 48.4 Å². The number of halogens is 5. The van der Waals surface area contributed by atoms with Crippen LogP contribution >= 0.6 is 0 Å². The maximum Gasteiger partial charge on any atom is 0.573 e. The third-order valence-corrected chi connectivity index (χ3v) is 4.82. The predicted octanol–water partition coefficient (Wildman–Crippen LogP) is 4.28. The molecule has 2 aromatic heterocycles. The van der Waals surface area contributed by atoms with E-state index in [1.807, 2.05) is 0 Å². The Kier molecular flexibility index (Phi) is 8.18. The minimum Gasteiger partial charge on any atom is -0.459 e. The zero-order valence-corrected chi connectivity index (χ0v) is 20.3. The number of carbonyl (C=O) groups is 2. The molecule has 0 saturated heterocycles. The van der Waals surface area contributed by atoms with Crippen LogP contribution in [0.15, 0.2) is 59.7 Å². The number of alkyl halides is 3. The van der Waals surface area contributed by atoms with Gasteiger partial charge >= 0.3 is 12.3 Å². The molecule has 0 aliphatic carbocycles. The molecule has 0 saturated carbocycles. The second-order valence-electron chi connectivity index (χ2n) is 8.98.